The Morgan fingerprint density at radius 2 is 1.96 bits per heavy atom. The fourth-order valence-corrected chi connectivity index (χ4v) is 2.44. The van der Waals surface area contributed by atoms with Crippen LogP contribution in [0.25, 0.3) is 16.8 Å². The molecule has 0 fully saturated rings. The number of likely N-dealkylation sites (N-methyl/N-ethyl adjacent to an activating group) is 1. The van der Waals surface area contributed by atoms with Crippen LogP contribution in [0.5, 0.6) is 5.75 Å². The number of anilines is 1. The molecule has 8 heteroatoms. The number of hydrogen-bond donors (Lipinski definition) is 2. The first-order valence-corrected chi connectivity index (χ1v) is 7.72. The Kier molecular flexibility index (Phi) is 4.53. The Morgan fingerprint density at radius 1 is 1.24 bits per heavy atom. The van der Waals surface area contributed by atoms with Crippen LogP contribution < -0.4 is 10.5 Å². The lowest BCUT2D eigenvalue weighted by atomic mass is 10.1. The number of carbonyl (C=O) groups is 1. The summed E-state index contributed by atoms with van der Waals surface area (Å²) in [6.07, 6.45) is 0. The van der Waals surface area contributed by atoms with Crippen molar-refractivity contribution in [2.24, 2.45) is 0 Å². The topological polar surface area (TPSA) is 106 Å². The minimum Gasteiger partial charge on any atom is -0.492 e. The van der Waals surface area contributed by atoms with E-state index in [2.05, 4.69) is 10.1 Å². The number of fused-ring (bicyclic) bond motifs is 1. The molecule has 2 aromatic heterocycles. The number of benzene rings is 1. The summed E-state index contributed by atoms with van der Waals surface area (Å²) in [5, 5.41) is 13.2. The molecule has 130 valence electrons. The Hall–Kier alpha value is -3.13. The van der Waals surface area contributed by atoms with Crippen LogP contribution in [0.4, 0.5) is 5.95 Å². The van der Waals surface area contributed by atoms with Crippen LogP contribution in [-0.2, 0) is 0 Å². The molecule has 0 aliphatic carbocycles. The largest absolute Gasteiger partial charge is 0.492 e. The number of rotatable bonds is 6. The third-order valence-corrected chi connectivity index (χ3v) is 3.69. The lowest BCUT2D eigenvalue weighted by Gasteiger charge is -2.11. The van der Waals surface area contributed by atoms with Crippen molar-refractivity contribution < 1.29 is 14.6 Å². The van der Waals surface area contributed by atoms with Gasteiger partial charge >= 0.3 is 5.97 Å². The van der Waals surface area contributed by atoms with Crippen LogP contribution in [0.15, 0.2) is 36.4 Å². The molecule has 3 rings (SSSR count). The number of aromatic carboxylic acids is 1. The Bertz CT molecular complexity index is 903. The van der Waals surface area contributed by atoms with Gasteiger partial charge in [-0.05, 0) is 43.9 Å². The molecule has 0 radical (unpaired) electrons. The van der Waals surface area contributed by atoms with Gasteiger partial charge in [-0.3, -0.25) is 0 Å². The molecule has 2 heterocycles. The summed E-state index contributed by atoms with van der Waals surface area (Å²) in [5.41, 5.74) is 7.67. The highest BCUT2D eigenvalue weighted by Gasteiger charge is 2.16. The first-order chi connectivity index (χ1) is 12.0. The van der Waals surface area contributed by atoms with E-state index in [-0.39, 0.29) is 11.6 Å². The predicted molar refractivity (Wildman–Crippen MR) is 93.8 cm³/mol. The molecule has 0 aliphatic heterocycles. The molecule has 0 spiro atoms. The van der Waals surface area contributed by atoms with Crippen LogP contribution in [0.1, 0.15) is 10.5 Å². The summed E-state index contributed by atoms with van der Waals surface area (Å²) in [5.74, 6) is -0.297. The zero-order valence-corrected chi connectivity index (χ0v) is 14.0. The fourth-order valence-electron chi connectivity index (χ4n) is 2.44. The van der Waals surface area contributed by atoms with Crippen molar-refractivity contribution in [3.8, 4) is 16.9 Å². The zero-order chi connectivity index (χ0) is 18.0. The lowest BCUT2D eigenvalue weighted by molar-refractivity contribution is 0.0687. The first-order valence-electron chi connectivity index (χ1n) is 7.72. The second kappa shape index (κ2) is 6.78. The summed E-state index contributed by atoms with van der Waals surface area (Å²) in [4.78, 5) is 17.5. The van der Waals surface area contributed by atoms with Gasteiger partial charge in [-0.15, -0.1) is 5.10 Å². The molecule has 0 aliphatic rings. The highest BCUT2D eigenvalue weighted by Crippen LogP contribution is 2.27. The average Bonchev–Trinajstić information content (AvgIpc) is 2.95. The maximum atomic E-state index is 11.3. The van der Waals surface area contributed by atoms with Gasteiger partial charge in [0.15, 0.2) is 11.3 Å². The molecule has 3 aromatic rings. The average molecular weight is 341 g/mol. The SMILES string of the molecule is CN(C)CCOc1ccc(-c2ccc(C(=O)O)n3nc(N)nc23)cc1. The molecular weight excluding hydrogens is 322 g/mol. The number of hydrogen-bond acceptors (Lipinski definition) is 6. The van der Waals surface area contributed by atoms with Gasteiger partial charge < -0.3 is 20.5 Å². The number of pyridine rings is 1. The van der Waals surface area contributed by atoms with Crippen molar-refractivity contribution in [2.75, 3.05) is 33.0 Å². The van der Waals surface area contributed by atoms with Crippen LogP contribution in [0.3, 0.4) is 0 Å². The molecule has 25 heavy (non-hydrogen) atoms. The summed E-state index contributed by atoms with van der Waals surface area (Å²) < 4.78 is 6.92. The number of carboxylic acid groups (broad SMARTS) is 1. The van der Waals surface area contributed by atoms with E-state index in [4.69, 9.17) is 10.5 Å². The number of nitrogens with zero attached hydrogens (tertiary/aromatic N) is 4. The van der Waals surface area contributed by atoms with Gasteiger partial charge in [0.25, 0.3) is 0 Å². The molecule has 0 unspecified atom stereocenters. The number of ether oxygens (including phenoxy) is 1. The molecule has 0 saturated carbocycles. The third kappa shape index (κ3) is 3.53. The summed E-state index contributed by atoms with van der Waals surface area (Å²) in [7, 11) is 3.98. The van der Waals surface area contributed by atoms with Crippen LogP contribution in [0.2, 0.25) is 0 Å². The van der Waals surface area contributed by atoms with Crippen molar-refractivity contribution in [3.05, 3.63) is 42.1 Å². The van der Waals surface area contributed by atoms with Gasteiger partial charge in [-0.2, -0.15) is 4.98 Å². The quantitative estimate of drug-likeness (QED) is 0.701. The van der Waals surface area contributed by atoms with Crippen molar-refractivity contribution in [1.82, 2.24) is 19.5 Å². The molecule has 0 saturated heterocycles. The molecular formula is C17H19N5O3. The van der Waals surface area contributed by atoms with E-state index in [0.29, 0.717) is 12.3 Å². The van der Waals surface area contributed by atoms with Gasteiger partial charge in [-0.25, -0.2) is 9.31 Å². The van der Waals surface area contributed by atoms with E-state index in [1.807, 2.05) is 43.3 Å². The van der Waals surface area contributed by atoms with Crippen LogP contribution in [0, 0.1) is 0 Å². The summed E-state index contributed by atoms with van der Waals surface area (Å²) in [6.45, 7) is 1.43. The van der Waals surface area contributed by atoms with Gasteiger partial charge in [0, 0.05) is 12.1 Å². The number of aromatic nitrogens is 3. The first kappa shape index (κ1) is 16.7. The fraction of sp³-hybridized carbons (Fsp3) is 0.235. The maximum absolute atomic E-state index is 11.3. The van der Waals surface area contributed by atoms with E-state index in [1.54, 1.807) is 6.07 Å². The van der Waals surface area contributed by atoms with Crippen LogP contribution >= 0.6 is 0 Å². The molecule has 3 N–H and O–H groups in total. The zero-order valence-electron chi connectivity index (χ0n) is 14.0. The van der Waals surface area contributed by atoms with E-state index in [0.717, 1.165) is 23.4 Å². The molecule has 1 aromatic carbocycles. The molecule has 0 bridgehead atoms. The smallest absolute Gasteiger partial charge is 0.354 e. The van der Waals surface area contributed by atoms with E-state index < -0.39 is 5.97 Å². The van der Waals surface area contributed by atoms with Crippen molar-refractivity contribution in [3.63, 3.8) is 0 Å². The second-order valence-corrected chi connectivity index (χ2v) is 5.82. The van der Waals surface area contributed by atoms with Gasteiger partial charge in [0.05, 0.1) is 0 Å². The van der Waals surface area contributed by atoms with Gasteiger partial charge in [0.2, 0.25) is 5.95 Å². The Balaban J connectivity index is 1.92. The van der Waals surface area contributed by atoms with E-state index in [1.165, 1.54) is 10.6 Å². The normalized spacial score (nSPS) is 11.2. The molecule has 0 atom stereocenters. The van der Waals surface area contributed by atoms with Crippen molar-refractivity contribution >= 4 is 17.6 Å². The van der Waals surface area contributed by atoms with E-state index in [9.17, 15) is 9.90 Å². The summed E-state index contributed by atoms with van der Waals surface area (Å²) in [6, 6.07) is 10.7. The van der Waals surface area contributed by atoms with Crippen molar-refractivity contribution in [1.29, 1.82) is 0 Å². The number of carboxylic acids is 1. The summed E-state index contributed by atoms with van der Waals surface area (Å²) >= 11 is 0. The minimum atomic E-state index is -1.09. The standard InChI is InChI=1S/C17H19N5O3/c1-21(2)9-10-25-12-5-3-11(4-6-12)13-7-8-14(16(23)24)22-15(13)19-17(18)20-22/h3-8H,9-10H2,1-2H3,(H2,18,20)(H,23,24). The highest BCUT2D eigenvalue weighted by molar-refractivity contribution is 5.89. The van der Waals surface area contributed by atoms with E-state index >= 15 is 0 Å². The highest BCUT2D eigenvalue weighted by atomic mass is 16.5. The maximum Gasteiger partial charge on any atom is 0.354 e. The minimum absolute atomic E-state index is 0.00610. The van der Waals surface area contributed by atoms with Gasteiger partial charge in [-0.1, -0.05) is 12.1 Å². The predicted octanol–water partition coefficient (Wildman–Crippen LogP) is 1.62. The lowest BCUT2D eigenvalue weighted by Crippen LogP contribution is -2.19. The number of nitrogens with two attached hydrogens (primary N) is 1. The second-order valence-electron chi connectivity index (χ2n) is 5.82. The third-order valence-electron chi connectivity index (χ3n) is 3.69. The monoisotopic (exact) mass is 341 g/mol. The molecule has 0 amide bonds. The Morgan fingerprint density at radius 3 is 2.60 bits per heavy atom. The molecule has 8 nitrogen and oxygen atoms in total. The van der Waals surface area contributed by atoms with Crippen LogP contribution in [-0.4, -0.2) is 57.8 Å². The Labute approximate surface area is 144 Å². The number of nitrogen functional groups attached to an aromatic ring is 1. The van der Waals surface area contributed by atoms with Crippen molar-refractivity contribution in [2.45, 2.75) is 0 Å². The van der Waals surface area contributed by atoms with Gasteiger partial charge in [0.1, 0.15) is 12.4 Å².